The molecule has 100 valence electrons. The highest BCUT2D eigenvalue weighted by molar-refractivity contribution is 7.84. The summed E-state index contributed by atoms with van der Waals surface area (Å²) in [7, 11) is -0.815. The average molecular weight is 271 g/mol. The average Bonchev–Trinajstić information content (AvgIpc) is 2.29. The summed E-state index contributed by atoms with van der Waals surface area (Å²) >= 11 is 0. The van der Waals surface area contributed by atoms with E-state index in [4.69, 9.17) is 4.18 Å². The van der Waals surface area contributed by atoms with Crippen LogP contribution in [0.2, 0.25) is 0 Å². The number of nitrogens with zero attached hydrogens (tertiary/aromatic N) is 1. The van der Waals surface area contributed by atoms with Gasteiger partial charge in [-0.25, -0.2) is 0 Å². The van der Waals surface area contributed by atoms with Gasteiger partial charge in [0.05, 0.1) is 6.61 Å². The molecule has 18 heavy (non-hydrogen) atoms. The van der Waals surface area contributed by atoms with E-state index >= 15 is 0 Å². The minimum Gasteiger partial charge on any atom is -0.508 e. The quantitative estimate of drug-likeness (QED) is 0.882. The van der Waals surface area contributed by atoms with Gasteiger partial charge in [0.1, 0.15) is 5.75 Å². The van der Waals surface area contributed by atoms with E-state index in [1.54, 1.807) is 37.3 Å². The van der Waals surface area contributed by atoms with Gasteiger partial charge in [0.25, 0.3) is 0 Å². The van der Waals surface area contributed by atoms with Gasteiger partial charge in [0.2, 0.25) is 0 Å². The molecule has 0 aromatic heterocycles. The van der Waals surface area contributed by atoms with E-state index in [9.17, 15) is 13.5 Å². The molecule has 0 atom stereocenters. The summed E-state index contributed by atoms with van der Waals surface area (Å²) in [5, 5.41) is 9.35. The monoisotopic (exact) mass is 271 g/mol. The van der Waals surface area contributed by atoms with E-state index in [1.807, 2.05) is 0 Å². The molecular weight excluding hydrogens is 254 g/mol. The van der Waals surface area contributed by atoms with Crippen LogP contribution in [0, 0.1) is 6.92 Å². The molecule has 0 unspecified atom stereocenters. The first-order valence-corrected chi connectivity index (χ1v) is 6.72. The van der Waals surface area contributed by atoms with Crippen molar-refractivity contribution in [2.24, 2.45) is 0 Å². The van der Waals surface area contributed by atoms with Crippen LogP contribution in [0.15, 0.2) is 24.3 Å². The van der Waals surface area contributed by atoms with Crippen LogP contribution in [0.1, 0.15) is 11.1 Å². The fraction of sp³-hybridized carbons (Fsp3) is 0.333. The summed E-state index contributed by atoms with van der Waals surface area (Å²) < 4.78 is 28.3. The van der Waals surface area contributed by atoms with Crippen LogP contribution in [-0.4, -0.2) is 38.5 Å². The third-order valence-electron chi connectivity index (χ3n) is 2.29. The molecule has 1 rings (SSSR count). The molecule has 0 heterocycles. The normalized spacial score (nSPS) is 12.4. The lowest BCUT2D eigenvalue weighted by molar-refractivity contribution is 0.320. The second kappa shape index (κ2) is 5.99. The van der Waals surface area contributed by atoms with Gasteiger partial charge < -0.3 is 5.11 Å². The summed E-state index contributed by atoms with van der Waals surface area (Å²) in [6.45, 7) is 1.76. The lowest BCUT2D eigenvalue weighted by atomic mass is 10.1. The van der Waals surface area contributed by atoms with Crippen molar-refractivity contribution in [1.82, 2.24) is 4.31 Å². The van der Waals surface area contributed by atoms with Gasteiger partial charge in [-0.15, -0.1) is 0 Å². The molecule has 0 spiro atoms. The summed E-state index contributed by atoms with van der Waals surface area (Å²) in [6, 6.07) is 5.12. The number of aryl methyl sites for hydroxylation is 1. The zero-order valence-electron chi connectivity index (χ0n) is 10.6. The molecule has 0 fully saturated rings. The minimum atomic E-state index is -3.63. The Kier molecular flexibility index (Phi) is 4.89. The van der Waals surface area contributed by atoms with Gasteiger partial charge in [-0.1, -0.05) is 18.2 Å². The van der Waals surface area contributed by atoms with Crippen molar-refractivity contribution in [2.45, 2.75) is 6.92 Å². The molecule has 0 amide bonds. The summed E-state index contributed by atoms with van der Waals surface area (Å²) in [5.41, 5.74) is 1.63. The van der Waals surface area contributed by atoms with Crippen LogP contribution in [-0.2, 0) is 14.5 Å². The number of benzene rings is 1. The predicted octanol–water partition coefficient (Wildman–Crippen LogP) is 1.54. The second-order valence-corrected chi connectivity index (χ2v) is 5.79. The van der Waals surface area contributed by atoms with Crippen molar-refractivity contribution in [3.63, 3.8) is 0 Å². The van der Waals surface area contributed by atoms with Crippen LogP contribution >= 0.6 is 0 Å². The highest BCUT2D eigenvalue weighted by atomic mass is 32.2. The molecule has 5 nitrogen and oxygen atoms in total. The van der Waals surface area contributed by atoms with E-state index in [0.717, 1.165) is 15.4 Å². The minimum absolute atomic E-state index is 0.0273. The lowest BCUT2D eigenvalue weighted by Gasteiger charge is -2.09. The molecule has 0 radical (unpaired) electrons. The first-order valence-electron chi connectivity index (χ1n) is 5.36. The Hall–Kier alpha value is -1.37. The van der Waals surface area contributed by atoms with Crippen molar-refractivity contribution in [1.29, 1.82) is 0 Å². The van der Waals surface area contributed by atoms with Crippen molar-refractivity contribution < 1.29 is 17.7 Å². The third-order valence-corrected chi connectivity index (χ3v) is 3.62. The Morgan fingerprint density at radius 1 is 1.39 bits per heavy atom. The molecule has 0 aliphatic carbocycles. The molecular formula is C12H17NO4S. The van der Waals surface area contributed by atoms with E-state index < -0.39 is 10.3 Å². The Morgan fingerprint density at radius 2 is 2.06 bits per heavy atom. The van der Waals surface area contributed by atoms with Crippen LogP contribution in [0.4, 0.5) is 0 Å². The Balaban J connectivity index is 2.59. The second-order valence-electron chi connectivity index (χ2n) is 3.97. The van der Waals surface area contributed by atoms with E-state index in [-0.39, 0.29) is 12.4 Å². The lowest BCUT2D eigenvalue weighted by Crippen LogP contribution is -2.24. The number of hydrogen-bond donors (Lipinski definition) is 1. The first kappa shape index (κ1) is 14.7. The van der Waals surface area contributed by atoms with Gasteiger partial charge in [0.15, 0.2) is 0 Å². The SMILES string of the molecule is Cc1cc(C=CCOS(=O)(=O)N(C)C)ccc1O. The molecule has 0 saturated carbocycles. The smallest absolute Gasteiger partial charge is 0.338 e. The van der Waals surface area contributed by atoms with Crippen LogP contribution < -0.4 is 0 Å². The molecule has 1 aromatic rings. The van der Waals surface area contributed by atoms with Crippen LogP contribution in [0.5, 0.6) is 5.75 Å². The summed E-state index contributed by atoms with van der Waals surface area (Å²) in [6.07, 6.45) is 3.34. The van der Waals surface area contributed by atoms with Gasteiger partial charge >= 0.3 is 10.3 Å². The maximum Gasteiger partial charge on any atom is 0.338 e. The Bertz CT molecular complexity index is 535. The van der Waals surface area contributed by atoms with Gasteiger partial charge in [-0.3, -0.25) is 4.18 Å². The van der Waals surface area contributed by atoms with Crippen molar-refractivity contribution in [3.05, 3.63) is 35.4 Å². The predicted molar refractivity (Wildman–Crippen MR) is 70.4 cm³/mol. The molecule has 1 N–H and O–H groups in total. The van der Waals surface area contributed by atoms with Crippen molar-refractivity contribution in [2.75, 3.05) is 20.7 Å². The number of phenols is 1. The Labute approximate surface area is 108 Å². The van der Waals surface area contributed by atoms with Gasteiger partial charge in [0, 0.05) is 14.1 Å². The number of aromatic hydroxyl groups is 1. The molecule has 6 heteroatoms. The standard InChI is InChI=1S/C12H17NO4S/c1-10-9-11(6-7-12(10)14)5-4-8-17-18(15,16)13(2)3/h4-7,9,14H,8H2,1-3H3. The molecule has 0 saturated heterocycles. The topological polar surface area (TPSA) is 66.8 Å². The maximum absolute atomic E-state index is 11.3. The van der Waals surface area contributed by atoms with Crippen molar-refractivity contribution in [3.8, 4) is 5.75 Å². The molecule has 1 aromatic carbocycles. The number of hydrogen-bond acceptors (Lipinski definition) is 4. The van der Waals surface area contributed by atoms with Crippen LogP contribution in [0.3, 0.4) is 0 Å². The van der Waals surface area contributed by atoms with E-state index in [1.165, 1.54) is 14.1 Å². The third kappa shape index (κ3) is 4.14. The highest BCUT2D eigenvalue weighted by Crippen LogP contribution is 2.17. The zero-order chi connectivity index (χ0) is 13.8. The summed E-state index contributed by atoms with van der Waals surface area (Å²) in [5.74, 6) is 0.235. The first-order chi connectivity index (χ1) is 8.33. The number of rotatable bonds is 5. The van der Waals surface area contributed by atoms with Crippen LogP contribution in [0.25, 0.3) is 6.08 Å². The number of phenolic OH excluding ortho intramolecular Hbond substituents is 1. The fourth-order valence-corrected chi connectivity index (χ4v) is 1.66. The van der Waals surface area contributed by atoms with Gasteiger partial charge in [-0.2, -0.15) is 12.7 Å². The Morgan fingerprint density at radius 3 is 2.61 bits per heavy atom. The molecule has 0 bridgehead atoms. The fourth-order valence-electron chi connectivity index (χ4n) is 1.20. The molecule has 0 aliphatic rings. The highest BCUT2D eigenvalue weighted by Gasteiger charge is 2.12. The zero-order valence-corrected chi connectivity index (χ0v) is 11.4. The summed E-state index contributed by atoms with van der Waals surface area (Å²) in [4.78, 5) is 0. The maximum atomic E-state index is 11.3. The molecule has 0 aliphatic heterocycles. The van der Waals surface area contributed by atoms with E-state index in [2.05, 4.69) is 0 Å². The van der Waals surface area contributed by atoms with Crippen molar-refractivity contribution >= 4 is 16.4 Å². The van der Waals surface area contributed by atoms with Gasteiger partial charge in [-0.05, 0) is 30.2 Å². The largest absolute Gasteiger partial charge is 0.508 e. The van der Waals surface area contributed by atoms with E-state index in [0.29, 0.717) is 0 Å².